The van der Waals surface area contributed by atoms with Crippen molar-refractivity contribution in [2.24, 2.45) is 0 Å². The zero-order chi connectivity index (χ0) is 17.1. The van der Waals surface area contributed by atoms with Gasteiger partial charge in [0.1, 0.15) is 5.82 Å². The molecule has 0 unspecified atom stereocenters. The molecule has 122 valence electrons. The molecule has 25 heavy (non-hydrogen) atoms. The average Bonchev–Trinajstić information content (AvgIpc) is 2.63. The van der Waals surface area contributed by atoms with Gasteiger partial charge in [0.15, 0.2) is 0 Å². The number of benzene rings is 3. The first kappa shape index (κ1) is 15.4. The molecule has 0 aliphatic rings. The highest BCUT2D eigenvalue weighted by Crippen LogP contribution is 2.27. The molecule has 4 rings (SSSR count). The van der Waals surface area contributed by atoms with Crippen molar-refractivity contribution in [1.82, 2.24) is 9.97 Å². The molecule has 4 aromatic rings. The van der Waals surface area contributed by atoms with E-state index in [1.807, 2.05) is 78.9 Å². The van der Waals surface area contributed by atoms with Crippen molar-refractivity contribution < 1.29 is 0 Å². The van der Waals surface area contributed by atoms with Crippen LogP contribution in [0.1, 0.15) is 0 Å². The molecule has 0 saturated carbocycles. The van der Waals surface area contributed by atoms with Crippen LogP contribution in [0.4, 0.5) is 23.1 Å². The third-order valence-electron chi connectivity index (χ3n) is 3.72. The SMILES string of the molecule is Clc1cccc(Nc2nc(Nc3ccccc3)nc3ccccc23)c1. The van der Waals surface area contributed by atoms with Crippen molar-refractivity contribution in [2.45, 2.75) is 0 Å². The van der Waals surface area contributed by atoms with E-state index in [0.29, 0.717) is 11.0 Å². The summed E-state index contributed by atoms with van der Waals surface area (Å²) in [5.74, 6) is 1.26. The molecular formula is C20H15ClN4. The lowest BCUT2D eigenvalue weighted by Gasteiger charge is -2.12. The standard InChI is InChI=1S/C20H15ClN4/c21-14-7-6-10-16(13-14)22-19-17-11-4-5-12-18(17)24-20(25-19)23-15-8-2-1-3-9-15/h1-13H,(H2,22,23,24,25). The Morgan fingerprint density at radius 1 is 0.680 bits per heavy atom. The molecule has 3 aromatic carbocycles. The quantitative estimate of drug-likeness (QED) is 0.492. The lowest BCUT2D eigenvalue weighted by Crippen LogP contribution is -2.02. The van der Waals surface area contributed by atoms with Crippen LogP contribution in [0.5, 0.6) is 0 Å². The Balaban J connectivity index is 1.76. The van der Waals surface area contributed by atoms with Crippen LogP contribution < -0.4 is 10.6 Å². The van der Waals surface area contributed by atoms with E-state index in [9.17, 15) is 0 Å². The molecule has 0 saturated heterocycles. The first-order valence-electron chi connectivity index (χ1n) is 7.89. The molecule has 0 spiro atoms. The fourth-order valence-corrected chi connectivity index (χ4v) is 2.77. The van der Waals surface area contributed by atoms with Gasteiger partial charge in [0, 0.05) is 21.8 Å². The van der Waals surface area contributed by atoms with Crippen molar-refractivity contribution >= 4 is 45.6 Å². The number of hydrogen-bond acceptors (Lipinski definition) is 4. The van der Waals surface area contributed by atoms with Crippen LogP contribution in [0.25, 0.3) is 10.9 Å². The van der Waals surface area contributed by atoms with E-state index in [-0.39, 0.29) is 0 Å². The van der Waals surface area contributed by atoms with Gasteiger partial charge in [-0.3, -0.25) is 0 Å². The van der Waals surface area contributed by atoms with Crippen molar-refractivity contribution in [3.05, 3.63) is 83.9 Å². The molecule has 0 bridgehead atoms. The van der Waals surface area contributed by atoms with Gasteiger partial charge < -0.3 is 10.6 Å². The van der Waals surface area contributed by atoms with E-state index in [1.54, 1.807) is 0 Å². The number of aromatic nitrogens is 2. The summed E-state index contributed by atoms with van der Waals surface area (Å²) in [4.78, 5) is 9.25. The molecule has 0 fully saturated rings. The summed E-state index contributed by atoms with van der Waals surface area (Å²) >= 11 is 6.08. The highest BCUT2D eigenvalue weighted by atomic mass is 35.5. The predicted molar refractivity (Wildman–Crippen MR) is 104 cm³/mol. The first-order valence-corrected chi connectivity index (χ1v) is 8.27. The maximum absolute atomic E-state index is 6.08. The number of anilines is 4. The summed E-state index contributed by atoms with van der Waals surface area (Å²) in [6.45, 7) is 0. The van der Waals surface area contributed by atoms with E-state index >= 15 is 0 Å². The number of para-hydroxylation sites is 2. The third kappa shape index (κ3) is 3.54. The van der Waals surface area contributed by atoms with Crippen LogP contribution in [0, 0.1) is 0 Å². The van der Waals surface area contributed by atoms with Gasteiger partial charge in [-0.05, 0) is 42.5 Å². The summed E-state index contributed by atoms with van der Waals surface area (Å²) < 4.78 is 0. The van der Waals surface area contributed by atoms with Gasteiger partial charge in [-0.15, -0.1) is 0 Å². The molecule has 0 atom stereocenters. The number of fused-ring (bicyclic) bond motifs is 1. The lowest BCUT2D eigenvalue weighted by molar-refractivity contribution is 1.21. The van der Waals surface area contributed by atoms with E-state index < -0.39 is 0 Å². The van der Waals surface area contributed by atoms with Crippen molar-refractivity contribution in [2.75, 3.05) is 10.6 Å². The smallest absolute Gasteiger partial charge is 0.229 e. The summed E-state index contributed by atoms with van der Waals surface area (Å²) in [6.07, 6.45) is 0. The fraction of sp³-hybridized carbons (Fsp3) is 0. The van der Waals surface area contributed by atoms with Gasteiger partial charge in [-0.25, -0.2) is 4.98 Å². The number of hydrogen-bond donors (Lipinski definition) is 2. The van der Waals surface area contributed by atoms with Crippen LogP contribution in [-0.4, -0.2) is 9.97 Å². The van der Waals surface area contributed by atoms with Crippen molar-refractivity contribution in [3.8, 4) is 0 Å². The Bertz CT molecular complexity index is 1020. The van der Waals surface area contributed by atoms with Crippen molar-refractivity contribution in [1.29, 1.82) is 0 Å². The maximum Gasteiger partial charge on any atom is 0.229 e. The van der Waals surface area contributed by atoms with Crippen LogP contribution in [0.3, 0.4) is 0 Å². The summed E-state index contributed by atoms with van der Waals surface area (Å²) in [6, 6.07) is 25.3. The minimum Gasteiger partial charge on any atom is -0.340 e. The Labute approximate surface area is 150 Å². The Morgan fingerprint density at radius 2 is 1.44 bits per heavy atom. The Hall–Kier alpha value is -3.11. The monoisotopic (exact) mass is 346 g/mol. The van der Waals surface area contributed by atoms with E-state index in [4.69, 9.17) is 11.6 Å². The minimum atomic E-state index is 0.537. The molecule has 2 N–H and O–H groups in total. The second-order valence-corrected chi connectivity index (χ2v) is 5.98. The summed E-state index contributed by atoms with van der Waals surface area (Å²) in [5, 5.41) is 8.20. The van der Waals surface area contributed by atoms with Gasteiger partial charge >= 0.3 is 0 Å². The molecule has 1 aromatic heterocycles. The van der Waals surface area contributed by atoms with Crippen LogP contribution in [0.2, 0.25) is 5.02 Å². The number of nitrogens with one attached hydrogen (secondary N) is 2. The molecule has 0 radical (unpaired) electrons. The Kier molecular flexibility index (Phi) is 4.19. The topological polar surface area (TPSA) is 49.8 Å². The van der Waals surface area contributed by atoms with Gasteiger partial charge in [0.2, 0.25) is 5.95 Å². The molecule has 4 nitrogen and oxygen atoms in total. The van der Waals surface area contributed by atoms with Gasteiger partial charge in [0.05, 0.1) is 5.52 Å². The molecule has 0 aliphatic heterocycles. The Morgan fingerprint density at radius 3 is 2.28 bits per heavy atom. The lowest BCUT2D eigenvalue weighted by atomic mass is 10.2. The zero-order valence-electron chi connectivity index (χ0n) is 13.3. The highest BCUT2D eigenvalue weighted by molar-refractivity contribution is 6.30. The van der Waals surface area contributed by atoms with Gasteiger partial charge in [-0.1, -0.05) is 48.0 Å². The molecule has 1 heterocycles. The van der Waals surface area contributed by atoms with Gasteiger partial charge in [-0.2, -0.15) is 4.98 Å². The second kappa shape index (κ2) is 6.79. The minimum absolute atomic E-state index is 0.537. The third-order valence-corrected chi connectivity index (χ3v) is 3.96. The van der Waals surface area contributed by atoms with E-state index in [1.165, 1.54) is 0 Å². The molecule has 5 heteroatoms. The number of halogens is 1. The number of rotatable bonds is 4. The summed E-state index contributed by atoms with van der Waals surface area (Å²) in [7, 11) is 0. The fourth-order valence-electron chi connectivity index (χ4n) is 2.58. The molecular weight excluding hydrogens is 332 g/mol. The molecule has 0 aliphatic carbocycles. The normalized spacial score (nSPS) is 10.6. The maximum atomic E-state index is 6.08. The van der Waals surface area contributed by atoms with Crippen LogP contribution in [0.15, 0.2) is 78.9 Å². The second-order valence-electron chi connectivity index (χ2n) is 5.54. The van der Waals surface area contributed by atoms with Crippen LogP contribution >= 0.6 is 11.6 Å². The van der Waals surface area contributed by atoms with E-state index in [0.717, 1.165) is 28.1 Å². The van der Waals surface area contributed by atoms with Crippen LogP contribution in [-0.2, 0) is 0 Å². The summed E-state index contributed by atoms with van der Waals surface area (Å²) in [5.41, 5.74) is 2.67. The largest absolute Gasteiger partial charge is 0.340 e. The van der Waals surface area contributed by atoms with Crippen molar-refractivity contribution in [3.63, 3.8) is 0 Å². The zero-order valence-corrected chi connectivity index (χ0v) is 14.0. The number of nitrogens with zero attached hydrogens (tertiary/aromatic N) is 2. The van der Waals surface area contributed by atoms with Gasteiger partial charge in [0.25, 0.3) is 0 Å². The average molecular weight is 347 g/mol. The van der Waals surface area contributed by atoms with E-state index in [2.05, 4.69) is 20.6 Å². The predicted octanol–water partition coefficient (Wildman–Crippen LogP) is 5.77. The highest BCUT2D eigenvalue weighted by Gasteiger charge is 2.08. The first-order chi connectivity index (χ1) is 12.3. The molecule has 0 amide bonds.